The zero-order valence-corrected chi connectivity index (χ0v) is 14.4. The lowest BCUT2D eigenvalue weighted by Gasteiger charge is -2.32. The van der Waals surface area contributed by atoms with E-state index in [0.717, 1.165) is 11.8 Å². The van der Waals surface area contributed by atoms with Gasteiger partial charge in [-0.25, -0.2) is 0 Å². The lowest BCUT2D eigenvalue weighted by Crippen LogP contribution is -2.38. The first kappa shape index (κ1) is 14.3. The van der Waals surface area contributed by atoms with Gasteiger partial charge in [-0.15, -0.1) is 0 Å². The van der Waals surface area contributed by atoms with Gasteiger partial charge in [0.05, 0.1) is 17.4 Å². The van der Waals surface area contributed by atoms with Crippen LogP contribution in [0.1, 0.15) is 32.3 Å². The second-order valence-electron chi connectivity index (χ2n) is 8.16. The maximum atomic E-state index is 5.17. The van der Waals surface area contributed by atoms with Crippen LogP contribution in [0.5, 0.6) is 0 Å². The first-order valence-corrected chi connectivity index (χ1v) is 9.16. The summed E-state index contributed by atoms with van der Waals surface area (Å²) in [6.45, 7) is 4.97. The molecule has 1 heterocycles. The average molecular weight is 316 g/mol. The molecule has 2 bridgehead atoms. The summed E-state index contributed by atoms with van der Waals surface area (Å²) in [5.74, 6) is 2.05. The van der Waals surface area contributed by atoms with Crippen LogP contribution in [0.15, 0.2) is 65.8 Å². The molecule has 5 rings (SSSR count). The van der Waals surface area contributed by atoms with Gasteiger partial charge in [0.1, 0.15) is 0 Å². The van der Waals surface area contributed by atoms with E-state index in [1.807, 2.05) is 0 Å². The van der Waals surface area contributed by atoms with Crippen LogP contribution in [0.3, 0.4) is 0 Å². The predicted molar refractivity (Wildman–Crippen MR) is 99.2 cm³/mol. The van der Waals surface area contributed by atoms with Gasteiger partial charge in [0.25, 0.3) is 0 Å². The van der Waals surface area contributed by atoms with E-state index in [9.17, 15) is 0 Å². The van der Waals surface area contributed by atoms with E-state index in [0.29, 0.717) is 17.4 Å². The van der Waals surface area contributed by atoms with Crippen molar-refractivity contribution < 1.29 is 0 Å². The molecule has 0 saturated heterocycles. The topological polar surface area (TPSA) is 15.6 Å². The van der Waals surface area contributed by atoms with E-state index in [-0.39, 0.29) is 0 Å². The highest BCUT2D eigenvalue weighted by molar-refractivity contribution is 6.05. The molecule has 4 atom stereocenters. The third-order valence-corrected chi connectivity index (χ3v) is 6.82. The Morgan fingerprint density at radius 2 is 1.50 bits per heavy atom. The van der Waals surface area contributed by atoms with Crippen molar-refractivity contribution in [2.75, 3.05) is 5.01 Å². The van der Waals surface area contributed by atoms with Crippen LogP contribution in [0.25, 0.3) is 0 Å². The molecule has 2 heteroatoms. The molecule has 2 aromatic carbocycles. The maximum absolute atomic E-state index is 5.17. The Kier molecular flexibility index (Phi) is 2.94. The molecule has 2 fully saturated rings. The van der Waals surface area contributed by atoms with Crippen molar-refractivity contribution >= 4 is 11.4 Å². The molecule has 0 N–H and O–H groups in total. The molecule has 3 aliphatic rings. The van der Waals surface area contributed by atoms with Crippen LogP contribution in [-0.2, 0) is 0 Å². The van der Waals surface area contributed by atoms with Gasteiger partial charge in [-0.1, -0.05) is 62.4 Å². The Labute approximate surface area is 144 Å². The molecule has 0 radical (unpaired) electrons. The highest BCUT2D eigenvalue weighted by Crippen LogP contribution is 2.64. The molecule has 2 nitrogen and oxygen atoms in total. The number of benzene rings is 2. The van der Waals surface area contributed by atoms with Crippen LogP contribution in [0.4, 0.5) is 5.69 Å². The Morgan fingerprint density at radius 1 is 0.875 bits per heavy atom. The molecule has 24 heavy (non-hydrogen) atoms. The zero-order valence-electron chi connectivity index (χ0n) is 14.4. The van der Waals surface area contributed by atoms with Crippen molar-refractivity contribution in [1.82, 2.24) is 0 Å². The highest BCUT2D eigenvalue weighted by atomic mass is 15.5. The standard InChI is InChI=1S/C22H24N2/c1-22(2)17-13-14-18(22)21-19(17)20(15-9-5-3-6-10-15)23-24(21)16-11-7-4-8-12-16/h3-12,17-19,21H,13-14H2,1-2H3/t17-,18+,19-,21+/m0/s1. The first-order chi connectivity index (χ1) is 11.7. The number of para-hydroxylation sites is 1. The predicted octanol–water partition coefficient (Wildman–Crippen LogP) is 4.96. The number of hydrogen-bond acceptors (Lipinski definition) is 2. The van der Waals surface area contributed by atoms with Crippen molar-refractivity contribution in [1.29, 1.82) is 0 Å². The molecular formula is C22H24N2. The Morgan fingerprint density at radius 3 is 2.21 bits per heavy atom. The summed E-state index contributed by atoms with van der Waals surface area (Å²) in [4.78, 5) is 0. The summed E-state index contributed by atoms with van der Waals surface area (Å²) in [6, 6.07) is 22.1. The van der Waals surface area contributed by atoms with Crippen LogP contribution in [0, 0.1) is 23.2 Å². The van der Waals surface area contributed by atoms with Crippen LogP contribution in [-0.4, -0.2) is 11.8 Å². The van der Waals surface area contributed by atoms with Gasteiger partial charge in [0, 0.05) is 5.92 Å². The van der Waals surface area contributed by atoms with Gasteiger partial charge in [-0.3, -0.25) is 5.01 Å². The fraction of sp³-hybridized carbons (Fsp3) is 0.409. The van der Waals surface area contributed by atoms with Crippen molar-refractivity contribution in [3.8, 4) is 0 Å². The third-order valence-electron chi connectivity index (χ3n) is 6.82. The third kappa shape index (κ3) is 1.80. The molecule has 122 valence electrons. The van der Waals surface area contributed by atoms with E-state index in [1.165, 1.54) is 29.8 Å². The van der Waals surface area contributed by atoms with Gasteiger partial charge < -0.3 is 0 Å². The van der Waals surface area contributed by atoms with Crippen LogP contribution in [0.2, 0.25) is 0 Å². The largest absolute Gasteiger partial charge is 0.261 e. The quantitative estimate of drug-likeness (QED) is 0.764. The summed E-state index contributed by atoms with van der Waals surface area (Å²) >= 11 is 0. The number of anilines is 1. The monoisotopic (exact) mass is 316 g/mol. The van der Waals surface area contributed by atoms with Crippen molar-refractivity contribution in [2.45, 2.75) is 32.7 Å². The molecule has 0 aromatic heterocycles. The average Bonchev–Trinajstić information content (AvgIpc) is 3.21. The van der Waals surface area contributed by atoms with Crippen LogP contribution < -0.4 is 5.01 Å². The summed E-state index contributed by atoms with van der Waals surface area (Å²) in [6.07, 6.45) is 2.70. The normalized spacial score (nSPS) is 32.8. The molecular weight excluding hydrogens is 292 g/mol. The van der Waals surface area contributed by atoms with E-state index in [1.54, 1.807) is 0 Å². The number of rotatable bonds is 2. The van der Waals surface area contributed by atoms with Crippen LogP contribution >= 0.6 is 0 Å². The van der Waals surface area contributed by atoms with Crippen molar-refractivity contribution in [2.24, 2.45) is 28.3 Å². The minimum absolute atomic E-state index is 0.415. The van der Waals surface area contributed by atoms with Gasteiger partial charge in [-0.2, -0.15) is 5.10 Å². The molecule has 2 saturated carbocycles. The number of hydrazone groups is 1. The minimum atomic E-state index is 0.415. The molecule has 0 unspecified atom stereocenters. The van der Waals surface area contributed by atoms with E-state index in [2.05, 4.69) is 79.5 Å². The van der Waals surface area contributed by atoms with Crippen molar-refractivity contribution in [3.63, 3.8) is 0 Å². The van der Waals surface area contributed by atoms with Crippen molar-refractivity contribution in [3.05, 3.63) is 66.2 Å². The molecule has 2 aromatic rings. The summed E-state index contributed by atoms with van der Waals surface area (Å²) < 4.78 is 0. The van der Waals surface area contributed by atoms with Gasteiger partial charge in [-0.05, 0) is 47.8 Å². The second-order valence-corrected chi connectivity index (χ2v) is 8.16. The van der Waals surface area contributed by atoms with Gasteiger partial charge >= 0.3 is 0 Å². The van der Waals surface area contributed by atoms with Gasteiger partial charge in [0.15, 0.2) is 0 Å². The zero-order chi connectivity index (χ0) is 16.3. The highest BCUT2D eigenvalue weighted by Gasteiger charge is 2.64. The first-order valence-electron chi connectivity index (χ1n) is 9.16. The lowest BCUT2D eigenvalue weighted by atomic mass is 9.77. The number of hydrogen-bond donors (Lipinski definition) is 0. The van der Waals surface area contributed by atoms with E-state index in [4.69, 9.17) is 5.10 Å². The summed E-state index contributed by atoms with van der Waals surface area (Å²) in [7, 11) is 0. The molecule has 0 spiro atoms. The Balaban J connectivity index is 1.65. The lowest BCUT2D eigenvalue weighted by molar-refractivity contribution is 0.246. The fourth-order valence-corrected chi connectivity index (χ4v) is 5.71. The minimum Gasteiger partial charge on any atom is -0.261 e. The summed E-state index contributed by atoms with van der Waals surface area (Å²) in [5, 5.41) is 7.52. The molecule has 0 amide bonds. The molecule has 2 aliphatic carbocycles. The Bertz CT molecular complexity index is 778. The number of fused-ring (bicyclic) bond motifs is 5. The maximum Gasteiger partial charge on any atom is 0.0737 e. The summed E-state index contributed by atoms with van der Waals surface area (Å²) in [5.41, 5.74) is 4.26. The smallest absolute Gasteiger partial charge is 0.0737 e. The van der Waals surface area contributed by atoms with Gasteiger partial charge in [0.2, 0.25) is 0 Å². The Hall–Kier alpha value is -2.09. The fourth-order valence-electron chi connectivity index (χ4n) is 5.71. The second kappa shape index (κ2) is 4.95. The SMILES string of the molecule is CC1(C)[C@@H]2CC[C@H]1[C@H]1C(c3ccccc3)=NN(c3ccccc3)[C@@H]12. The van der Waals surface area contributed by atoms with E-state index < -0.39 is 0 Å². The number of nitrogens with zero attached hydrogens (tertiary/aromatic N) is 2. The van der Waals surface area contributed by atoms with E-state index >= 15 is 0 Å². The molecule has 1 aliphatic heterocycles.